The average molecular weight is 320 g/mol. The van der Waals surface area contributed by atoms with Crippen LogP contribution < -0.4 is 0 Å². The van der Waals surface area contributed by atoms with Gasteiger partial charge in [-0.15, -0.1) is 0 Å². The fourth-order valence-corrected chi connectivity index (χ4v) is 3.39. The molecule has 0 saturated heterocycles. The first kappa shape index (κ1) is 16.3. The number of aldehydes is 1. The third kappa shape index (κ3) is 2.83. The number of hydrogen-bond acceptors (Lipinski definition) is 3. The average Bonchev–Trinajstić information content (AvgIpc) is 2.65. The Balaban J connectivity index is 2.19. The summed E-state index contributed by atoms with van der Waals surface area (Å²) in [6.07, 6.45) is 4.49. The van der Waals surface area contributed by atoms with Crippen LogP contribution in [0.15, 0.2) is 72.3 Å². The Morgan fingerprint density at radius 2 is 1.50 bits per heavy atom. The first-order valence-corrected chi connectivity index (χ1v) is 8.20. The molecule has 0 heterocycles. The summed E-state index contributed by atoms with van der Waals surface area (Å²) in [4.78, 5) is 24.4. The zero-order chi connectivity index (χ0) is 17.0. The van der Waals surface area contributed by atoms with E-state index in [2.05, 4.69) is 0 Å². The smallest absolute Gasteiger partial charge is 0.159 e. The first-order valence-electron chi connectivity index (χ1n) is 8.20. The molecule has 122 valence electrons. The quantitative estimate of drug-likeness (QED) is 0.859. The standard InChI is InChI=1S/C21H20O3/c22-15-19(18-13-7-8-14-20(18)23)21(24,16-9-3-1-4-10-16)17-11-5-2-6-12-17/h1-6,9-13,15,19,24H,7-8,14H2. The van der Waals surface area contributed by atoms with E-state index in [4.69, 9.17) is 0 Å². The van der Waals surface area contributed by atoms with Crippen LogP contribution in [0, 0.1) is 5.92 Å². The lowest BCUT2D eigenvalue weighted by Crippen LogP contribution is -2.40. The summed E-state index contributed by atoms with van der Waals surface area (Å²) in [5.41, 5.74) is 0.0647. The molecule has 0 aromatic heterocycles. The topological polar surface area (TPSA) is 54.4 Å². The molecule has 0 saturated carbocycles. The maximum Gasteiger partial charge on any atom is 0.159 e. The van der Waals surface area contributed by atoms with E-state index < -0.39 is 11.5 Å². The molecule has 24 heavy (non-hydrogen) atoms. The lowest BCUT2D eigenvalue weighted by Gasteiger charge is -2.36. The number of hydrogen-bond donors (Lipinski definition) is 1. The molecule has 3 nitrogen and oxygen atoms in total. The number of ketones is 1. The van der Waals surface area contributed by atoms with Crippen molar-refractivity contribution in [2.75, 3.05) is 0 Å². The maximum absolute atomic E-state index is 12.4. The van der Waals surface area contributed by atoms with Gasteiger partial charge < -0.3 is 9.90 Å². The second kappa shape index (κ2) is 6.93. The monoisotopic (exact) mass is 320 g/mol. The minimum Gasteiger partial charge on any atom is -0.379 e. The van der Waals surface area contributed by atoms with Crippen LogP contribution in [0.1, 0.15) is 30.4 Å². The minimum absolute atomic E-state index is 0.0522. The second-order valence-corrected chi connectivity index (χ2v) is 6.09. The fourth-order valence-electron chi connectivity index (χ4n) is 3.39. The van der Waals surface area contributed by atoms with Gasteiger partial charge in [0.2, 0.25) is 0 Å². The molecule has 1 aliphatic rings. The fraction of sp³-hybridized carbons (Fsp3) is 0.238. The van der Waals surface area contributed by atoms with Crippen LogP contribution in [-0.2, 0) is 15.2 Å². The highest BCUT2D eigenvalue weighted by molar-refractivity contribution is 5.99. The molecular weight excluding hydrogens is 300 g/mol. The van der Waals surface area contributed by atoms with Gasteiger partial charge >= 0.3 is 0 Å². The van der Waals surface area contributed by atoms with Crippen LogP contribution >= 0.6 is 0 Å². The summed E-state index contributed by atoms with van der Waals surface area (Å²) in [5.74, 6) is -0.973. The van der Waals surface area contributed by atoms with Crippen molar-refractivity contribution in [2.45, 2.75) is 24.9 Å². The summed E-state index contributed by atoms with van der Waals surface area (Å²) < 4.78 is 0. The predicted octanol–water partition coefficient (Wildman–Crippen LogP) is 3.42. The number of carbonyl (C=O) groups is 2. The molecule has 3 rings (SSSR count). The number of aliphatic hydroxyl groups is 1. The molecule has 0 bridgehead atoms. The highest BCUT2D eigenvalue weighted by atomic mass is 16.3. The molecule has 2 aromatic rings. The molecule has 0 spiro atoms. The Kier molecular flexibility index (Phi) is 4.72. The lowest BCUT2D eigenvalue weighted by molar-refractivity contribution is -0.123. The van der Waals surface area contributed by atoms with Gasteiger partial charge in [0, 0.05) is 12.0 Å². The van der Waals surface area contributed by atoms with E-state index >= 15 is 0 Å². The molecular formula is C21H20O3. The summed E-state index contributed by atoms with van der Waals surface area (Å²) in [7, 11) is 0. The van der Waals surface area contributed by atoms with E-state index in [0.29, 0.717) is 29.4 Å². The first-order chi connectivity index (χ1) is 11.7. The van der Waals surface area contributed by atoms with Crippen LogP contribution in [0.2, 0.25) is 0 Å². The van der Waals surface area contributed by atoms with E-state index in [9.17, 15) is 14.7 Å². The Morgan fingerprint density at radius 1 is 0.958 bits per heavy atom. The molecule has 0 aliphatic heterocycles. The summed E-state index contributed by atoms with van der Waals surface area (Å²) >= 11 is 0. The number of Topliss-reactive ketones (excluding diaryl/α,β-unsaturated/α-hetero) is 1. The van der Waals surface area contributed by atoms with Gasteiger partial charge in [0.25, 0.3) is 0 Å². The van der Waals surface area contributed by atoms with Crippen molar-refractivity contribution in [3.63, 3.8) is 0 Å². The lowest BCUT2D eigenvalue weighted by atomic mass is 9.71. The molecule has 1 N–H and O–H groups in total. The zero-order valence-corrected chi connectivity index (χ0v) is 13.4. The molecule has 0 fully saturated rings. The van der Waals surface area contributed by atoms with Crippen molar-refractivity contribution in [1.82, 2.24) is 0 Å². The van der Waals surface area contributed by atoms with Crippen molar-refractivity contribution >= 4 is 12.1 Å². The Morgan fingerprint density at radius 3 is 1.96 bits per heavy atom. The Hall–Kier alpha value is -2.52. The van der Waals surface area contributed by atoms with E-state index in [0.717, 1.165) is 12.8 Å². The van der Waals surface area contributed by atoms with Crippen molar-refractivity contribution in [3.8, 4) is 0 Å². The Labute approximate surface area is 141 Å². The van der Waals surface area contributed by atoms with Gasteiger partial charge in [-0.3, -0.25) is 4.79 Å². The third-order valence-electron chi connectivity index (χ3n) is 4.64. The van der Waals surface area contributed by atoms with Crippen molar-refractivity contribution in [2.24, 2.45) is 5.92 Å². The summed E-state index contributed by atoms with van der Waals surface area (Å²) in [6, 6.07) is 18.2. The molecule has 0 radical (unpaired) electrons. The van der Waals surface area contributed by atoms with Gasteiger partial charge in [0.05, 0.1) is 5.92 Å². The number of benzene rings is 2. The van der Waals surface area contributed by atoms with E-state index in [1.807, 2.05) is 42.5 Å². The largest absolute Gasteiger partial charge is 0.379 e. The van der Waals surface area contributed by atoms with E-state index in [1.54, 1.807) is 24.3 Å². The van der Waals surface area contributed by atoms with Gasteiger partial charge in [0.1, 0.15) is 11.9 Å². The molecule has 1 aliphatic carbocycles. The third-order valence-corrected chi connectivity index (χ3v) is 4.64. The van der Waals surface area contributed by atoms with Crippen molar-refractivity contribution in [1.29, 1.82) is 0 Å². The number of rotatable bonds is 5. The SMILES string of the molecule is O=CC(C1=CCCCC1=O)C(O)(c1ccccc1)c1ccccc1. The van der Waals surface area contributed by atoms with Gasteiger partial charge in [-0.2, -0.15) is 0 Å². The van der Waals surface area contributed by atoms with Crippen molar-refractivity contribution < 1.29 is 14.7 Å². The van der Waals surface area contributed by atoms with Gasteiger partial charge in [-0.25, -0.2) is 0 Å². The number of carbonyl (C=O) groups excluding carboxylic acids is 2. The van der Waals surface area contributed by atoms with Gasteiger partial charge in [-0.05, 0) is 24.0 Å². The highest BCUT2D eigenvalue weighted by Gasteiger charge is 2.44. The predicted molar refractivity (Wildman–Crippen MR) is 92.4 cm³/mol. The molecule has 1 unspecified atom stereocenters. The molecule has 2 aromatic carbocycles. The van der Waals surface area contributed by atoms with Crippen LogP contribution in [-0.4, -0.2) is 17.2 Å². The van der Waals surface area contributed by atoms with Crippen LogP contribution in [0.5, 0.6) is 0 Å². The van der Waals surface area contributed by atoms with Crippen molar-refractivity contribution in [3.05, 3.63) is 83.4 Å². The summed E-state index contributed by atoms with van der Waals surface area (Å²) in [5, 5.41) is 11.7. The Bertz CT molecular complexity index is 708. The van der Waals surface area contributed by atoms with E-state index in [-0.39, 0.29) is 5.78 Å². The number of allylic oxidation sites excluding steroid dienone is 1. The highest BCUT2D eigenvalue weighted by Crippen LogP contribution is 2.41. The normalized spacial score (nSPS) is 16.4. The van der Waals surface area contributed by atoms with E-state index in [1.165, 1.54) is 0 Å². The molecule has 3 heteroatoms. The summed E-state index contributed by atoms with van der Waals surface area (Å²) in [6.45, 7) is 0. The minimum atomic E-state index is -1.57. The van der Waals surface area contributed by atoms with Crippen LogP contribution in [0.25, 0.3) is 0 Å². The maximum atomic E-state index is 12.4. The van der Waals surface area contributed by atoms with Crippen LogP contribution in [0.3, 0.4) is 0 Å². The second-order valence-electron chi connectivity index (χ2n) is 6.09. The zero-order valence-electron chi connectivity index (χ0n) is 13.4. The van der Waals surface area contributed by atoms with Gasteiger partial charge in [0.15, 0.2) is 5.78 Å². The van der Waals surface area contributed by atoms with Crippen LogP contribution in [0.4, 0.5) is 0 Å². The molecule has 0 amide bonds. The van der Waals surface area contributed by atoms with Gasteiger partial charge in [-0.1, -0.05) is 66.7 Å². The molecule has 1 atom stereocenters.